The van der Waals surface area contributed by atoms with Gasteiger partial charge in [0.15, 0.2) is 0 Å². The lowest BCUT2D eigenvalue weighted by atomic mass is 9.91. The molecule has 1 N–H and O–H groups in total. The van der Waals surface area contributed by atoms with Gasteiger partial charge < -0.3 is 5.32 Å². The number of aromatic nitrogens is 1. The Morgan fingerprint density at radius 1 is 0.952 bits per heavy atom. The monoisotopic (exact) mass is 276 g/mol. The molecule has 0 aliphatic carbocycles. The molecule has 0 spiro atoms. The summed E-state index contributed by atoms with van der Waals surface area (Å²) in [6.45, 7) is 2.20. The van der Waals surface area contributed by atoms with Crippen molar-refractivity contribution in [2.24, 2.45) is 0 Å². The molecule has 2 aromatic carbocycles. The molecular weight excluding hydrogens is 256 g/mol. The van der Waals surface area contributed by atoms with Gasteiger partial charge in [-0.15, -0.1) is 0 Å². The first-order chi connectivity index (χ1) is 10.3. The quantitative estimate of drug-likeness (QED) is 0.776. The first-order valence-electron chi connectivity index (χ1n) is 7.44. The van der Waals surface area contributed by atoms with Crippen LogP contribution in [0.2, 0.25) is 0 Å². The van der Waals surface area contributed by atoms with Crippen LogP contribution >= 0.6 is 0 Å². The third-order valence-corrected chi connectivity index (χ3v) is 4.03. The maximum atomic E-state index is 4.47. The number of hydrogen-bond donors (Lipinski definition) is 1. The van der Waals surface area contributed by atoms with E-state index in [1.807, 2.05) is 19.3 Å². The second-order valence-corrected chi connectivity index (χ2v) is 5.19. The van der Waals surface area contributed by atoms with E-state index in [1.54, 1.807) is 0 Å². The highest BCUT2D eigenvalue weighted by atomic mass is 14.9. The third-order valence-electron chi connectivity index (χ3n) is 4.03. The van der Waals surface area contributed by atoms with Gasteiger partial charge in [-0.25, -0.2) is 0 Å². The van der Waals surface area contributed by atoms with E-state index in [9.17, 15) is 0 Å². The van der Waals surface area contributed by atoms with E-state index >= 15 is 0 Å². The number of aryl methyl sites for hydroxylation is 1. The lowest BCUT2D eigenvalue weighted by molar-refractivity contribution is 0.689. The maximum absolute atomic E-state index is 4.47. The Morgan fingerprint density at radius 3 is 2.57 bits per heavy atom. The van der Waals surface area contributed by atoms with E-state index in [4.69, 9.17) is 0 Å². The highest BCUT2D eigenvalue weighted by Gasteiger charge is 2.17. The Bertz CT molecular complexity index is 744. The average molecular weight is 276 g/mol. The van der Waals surface area contributed by atoms with Gasteiger partial charge in [0.2, 0.25) is 0 Å². The lowest BCUT2D eigenvalue weighted by Gasteiger charge is -2.21. The van der Waals surface area contributed by atoms with Crippen LogP contribution in [0.1, 0.15) is 29.7 Å². The summed E-state index contributed by atoms with van der Waals surface area (Å²) in [4.78, 5) is 4.47. The Balaban J connectivity index is 2.19. The zero-order chi connectivity index (χ0) is 14.7. The van der Waals surface area contributed by atoms with Gasteiger partial charge in [-0.05, 0) is 42.3 Å². The molecular formula is C19H20N2. The number of pyridine rings is 1. The molecule has 2 nitrogen and oxygen atoms in total. The predicted octanol–water partition coefficient (Wildman–Crippen LogP) is 4.11. The summed E-state index contributed by atoms with van der Waals surface area (Å²) in [7, 11) is 2.02. The van der Waals surface area contributed by atoms with Crippen molar-refractivity contribution in [2.45, 2.75) is 19.4 Å². The summed E-state index contributed by atoms with van der Waals surface area (Å²) in [6, 6.07) is 19.3. The van der Waals surface area contributed by atoms with E-state index in [-0.39, 0.29) is 6.04 Å². The van der Waals surface area contributed by atoms with E-state index in [0.717, 1.165) is 11.9 Å². The number of nitrogens with zero attached hydrogens (tertiary/aromatic N) is 1. The molecule has 1 heterocycles. The molecule has 0 saturated heterocycles. The summed E-state index contributed by atoms with van der Waals surface area (Å²) >= 11 is 0. The topological polar surface area (TPSA) is 24.9 Å². The van der Waals surface area contributed by atoms with Crippen molar-refractivity contribution in [1.29, 1.82) is 0 Å². The van der Waals surface area contributed by atoms with E-state index in [1.165, 1.54) is 22.1 Å². The molecule has 0 radical (unpaired) electrons. The van der Waals surface area contributed by atoms with Crippen LogP contribution in [0, 0.1) is 0 Å². The molecule has 1 unspecified atom stereocenters. The summed E-state index contributed by atoms with van der Waals surface area (Å²) in [6.07, 6.45) is 2.89. The summed E-state index contributed by atoms with van der Waals surface area (Å²) < 4.78 is 0. The minimum Gasteiger partial charge on any atom is -0.309 e. The molecule has 2 heteroatoms. The maximum Gasteiger partial charge on any atom is 0.0705 e. The third kappa shape index (κ3) is 2.55. The van der Waals surface area contributed by atoms with Crippen molar-refractivity contribution < 1.29 is 0 Å². The van der Waals surface area contributed by atoms with E-state index < -0.39 is 0 Å². The van der Waals surface area contributed by atoms with Gasteiger partial charge >= 0.3 is 0 Å². The first kappa shape index (κ1) is 13.8. The van der Waals surface area contributed by atoms with Crippen molar-refractivity contribution in [2.75, 3.05) is 7.05 Å². The fourth-order valence-electron chi connectivity index (χ4n) is 3.00. The van der Waals surface area contributed by atoms with Crippen molar-refractivity contribution >= 4 is 10.9 Å². The summed E-state index contributed by atoms with van der Waals surface area (Å²) in [5, 5.41) is 4.69. The van der Waals surface area contributed by atoms with Crippen LogP contribution < -0.4 is 5.32 Å². The second kappa shape index (κ2) is 6.06. The Kier molecular flexibility index (Phi) is 3.98. The highest BCUT2D eigenvalue weighted by Crippen LogP contribution is 2.30. The standard InChI is InChI=1S/C19H20N2/c1-3-14-8-4-5-9-15(14)19(20-2)17-10-6-12-18-16(17)11-7-13-21-18/h4-13,19-20H,3H2,1-2H3. The van der Waals surface area contributed by atoms with Crippen LogP contribution in [0.15, 0.2) is 60.8 Å². The lowest BCUT2D eigenvalue weighted by Crippen LogP contribution is -2.19. The van der Waals surface area contributed by atoms with Crippen LogP contribution in [0.4, 0.5) is 0 Å². The van der Waals surface area contributed by atoms with Crippen molar-refractivity contribution in [3.05, 3.63) is 77.5 Å². The van der Waals surface area contributed by atoms with E-state index in [2.05, 4.69) is 65.8 Å². The van der Waals surface area contributed by atoms with Gasteiger partial charge in [-0.1, -0.05) is 49.4 Å². The van der Waals surface area contributed by atoms with Crippen molar-refractivity contribution in [1.82, 2.24) is 10.3 Å². The molecule has 1 atom stereocenters. The molecule has 0 saturated carbocycles. The Morgan fingerprint density at radius 2 is 1.76 bits per heavy atom. The van der Waals surface area contributed by atoms with Crippen LogP contribution in [0.3, 0.4) is 0 Å². The molecule has 0 aliphatic rings. The van der Waals surface area contributed by atoms with Crippen LogP contribution in [0.5, 0.6) is 0 Å². The van der Waals surface area contributed by atoms with Gasteiger partial charge in [-0.3, -0.25) is 4.98 Å². The first-order valence-corrected chi connectivity index (χ1v) is 7.44. The number of nitrogens with one attached hydrogen (secondary N) is 1. The minimum absolute atomic E-state index is 0.189. The largest absolute Gasteiger partial charge is 0.309 e. The average Bonchev–Trinajstić information content (AvgIpc) is 2.56. The number of fused-ring (bicyclic) bond motifs is 1. The molecule has 21 heavy (non-hydrogen) atoms. The minimum atomic E-state index is 0.189. The highest BCUT2D eigenvalue weighted by molar-refractivity contribution is 5.83. The number of rotatable bonds is 4. The van der Waals surface area contributed by atoms with Crippen LogP contribution in [-0.4, -0.2) is 12.0 Å². The van der Waals surface area contributed by atoms with Crippen molar-refractivity contribution in [3.63, 3.8) is 0 Å². The van der Waals surface area contributed by atoms with Gasteiger partial charge in [-0.2, -0.15) is 0 Å². The van der Waals surface area contributed by atoms with Gasteiger partial charge in [0, 0.05) is 11.6 Å². The Hall–Kier alpha value is -2.19. The molecule has 3 rings (SSSR count). The fourth-order valence-corrected chi connectivity index (χ4v) is 3.00. The molecule has 106 valence electrons. The molecule has 0 fully saturated rings. The molecule has 0 bridgehead atoms. The molecule has 0 aliphatic heterocycles. The Labute approximate surface area is 125 Å². The zero-order valence-corrected chi connectivity index (χ0v) is 12.5. The number of hydrogen-bond acceptors (Lipinski definition) is 2. The van der Waals surface area contributed by atoms with Crippen LogP contribution in [-0.2, 0) is 6.42 Å². The molecule has 1 aromatic heterocycles. The number of benzene rings is 2. The second-order valence-electron chi connectivity index (χ2n) is 5.19. The molecule has 3 aromatic rings. The van der Waals surface area contributed by atoms with Crippen molar-refractivity contribution in [3.8, 4) is 0 Å². The summed E-state index contributed by atoms with van der Waals surface area (Å²) in [5.41, 5.74) is 5.06. The SMILES string of the molecule is CCc1ccccc1C(NC)c1cccc2ncccc12. The summed E-state index contributed by atoms with van der Waals surface area (Å²) in [5.74, 6) is 0. The van der Waals surface area contributed by atoms with Crippen LogP contribution in [0.25, 0.3) is 10.9 Å². The van der Waals surface area contributed by atoms with E-state index in [0.29, 0.717) is 0 Å². The fraction of sp³-hybridized carbons (Fsp3) is 0.211. The smallest absolute Gasteiger partial charge is 0.0705 e. The molecule has 0 amide bonds. The van der Waals surface area contributed by atoms with Gasteiger partial charge in [0.05, 0.1) is 11.6 Å². The van der Waals surface area contributed by atoms with Gasteiger partial charge in [0.1, 0.15) is 0 Å². The van der Waals surface area contributed by atoms with Gasteiger partial charge in [0.25, 0.3) is 0 Å². The zero-order valence-electron chi connectivity index (χ0n) is 12.5. The predicted molar refractivity (Wildman–Crippen MR) is 88.5 cm³/mol. The normalized spacial score (nSPS) is 12.5.